The minimum absolute atomic E-state index is 0.153. The molecule has 0 bridgehead atoms. The molecular formula is C12H14FN. The molecule has 1 aliphatic carbocycles. The van der Waals surface area contributed by atoms with Gasteiger partial charge in [-0.15, -0.1) is 0 Å². The second-order valence-corrected chi connectivity index (χ2v) is 3.68. The SMILES string of the molecule is CNC(C)C1=CCc2ccc(F)cc21. The van der Waals surface area contributed by atoms with Crippen LogP contribution in [0.15, 0.2) is 24.3 Å². The number of fused-ring (bicyclic) bond motifs is 1. The molecule has 0 aromatic heterocycles. The number of rotatable bonds is 2. The van der Waals surface area contributed by atoms with Crippen molar-refractivity contribution in [3.63, 3.8) is 0 Å². The molecule has 74 valence electrons. The molecule has 14 heavy (non-hydrogen) atoms. The molecule has 0 saturated heterocycles. The van der Waals surface area contributed by atoms with E-state index in [9.17, 15) is 4.39 Å². The van der Waals surface area contributed by atoms with Crippen molar-refractivity contribution in [2.75, 3.05) is 7.05 Å². The van der Waals surface area contributed by atoms with Crippen LogP contribution in [0.1, 0.15) is 18.1 Å². The fraction of sp³-hybridized carbons (Fsp3) is 0.333. The Morgan fingerprint density at radius 2 is 2.21 bits per heavy atom. The largest absolute Gasteiger partial charge is 0.313 e. The van der Waals surface area contributed by atoms with Crippen LogP contribution >= 0.6 is 0 Å². The highest BCUT2D eigenvalue weighted by Crippen LogP contribution is 2.30. The van der Waals surface area contributed by atoms with Crippen molar-refractivity contribution in [1.82, 2.24) is 5.32 Å². The third-order valence-electron chi connectivity index (χ3n) is 2.82. The monoisotopic (exact) mass is 191 g/mol. The summed E-state index contributed by atoms with van der Waals surface area (Å²) in [6.07, 6.45) is 3.10. The number of benzene rings is 1. The summed E-state index contributed by atoms with van der Waals surface area (Å²) >= 11 is 0. The average molecular weight is 191 g/mol. The van der Waals surface area contributed by atoms with Gasteiger partial charge in [-0.05, 0) is 49.2 Å². The van der Waals surface area contributed by atoms with E-state index in [0.29, 0.717) is 0 Å². The lowest BCUT2D eigenvalue weighted by molar-refractivity contribution is 0.626. The highest BCUT2D eigenvalue weighted by Gasteiger charge is 2.18. The van der Waals surface area contributed by atoms with E-state index in [2.05, 4.69) is 18.3 Å². The lowest BCUT2D eigenvalue weighted by atomic mass is 10.0. The van der Waals surface area contributed by atoms with Gasteiger partial charge in [-0.25, -0.2) is 4.39 Å². The Hall–Kier alpha value is -1.15. The number of allylic oxidation sites excluding steroid dienone is 1. The Labute approximate surface area is 83.6 Å². The fourth-order valence-corrected chi connectivity index (χ4v) is 1.89. The normalized spacial score (nSPS) is 16.4. The molecule has 0 radical (unpaired) electrons. The standard InChI is InChI=1S/C12H14FN/c1-8(14-2)11-6-4-9-3-5-10(13)7-12(9)11/h3,5-8,14H,4H2,1-2H3. The van der Waals surface area contributed by atoms with Gasteiger partial charge in [0.05, 0.1) is 0 Å². The second kappa shape index (κ2) is 3.54. The molecule has 2 heteroatoms. The summed E-state index contributed by atoms with van der Waals surface area (Å²) in [7, 11) is 1.92. The van der Waals surface area contributed by atoms with Gasteiger partial charge in [0, 0.05) is 6.04 Å². The zero-order valence-electron chi connectivity index (χ0n) is 8.47. The van der Waals surface area contributed by atoms with E-state index in [4.69, 9.17) is 0 Å². The highest BCUT2D eigenvalue weighted by molar-refractivity contribution is 5.76. The molecule has 0 spiro atoms. The van der Waals surface area contributed by atoms with Gasteiger partial charge in [0.1, 0.15) is 5.82 Å². The van der Waals surface area contributed by atoms with Gasteiger partial charge in [-0.2, -0.15) is 0 Å². The summed E-state index contributed by atoms with van der Waals surface area (Å²) in [5, 5.41) is 3.18. The number of hydrogen-bond acceptors (Lipinski definition) is 1. The minimum Gasteiger partial charge on any atom is -0.313 e. The molecule has 0 amide bonds. The van der Waals surface area contributed by atoms with E-state index in [1.165, 1.54) is 17.2 Å². The lowest BCUT2D eigenvalue weighted by Gasteiger charge is -2.13. The van der Waals surface area contributed by atoms with Crippen LogP contribution in [0, 0.1) is 5.82 Å². The van der Waals surface area contributed by atoms with E-state index < -0.39 is 0 Å². The minimum atomic E-state index is -0.153. The maximum Gasteiger partial charge on any atom is 0.123 e. The van der Waals surface area contributed by atoms with Crippen LogP contribution in [0.4, 0.5) is 4.39 Å². The third-order valence-corrected chi connectivity index (χ3v) is 2.82. The molecule has 1 unspecified atom stereocenters. The lowest BCUT2D eigenvalue weighted by Crippen LogP contribution is -2.22. The van der Waals surface area contributed by atoms with Crippen molar-refractivity contribution in [1.29, 1.82) is 0 Å². The van der Waals surface area contributed by atoms with Gasteiger partial charge >= 0.3 is 0 Å². The quantitative estimate of drug-likeness (QED) is 0.756. The number of likely N-dealkylation sites (N-methyl/N-ethyl adjacent to an activating group) is 1. The topological polar surface area (TPSA) is 12.0 Å². The summed E-state index contributed by atoms with van der Waals surface area (Å²) in [5.74, 6) is -0.153. The van der Waals surface area contributed by atoms with E-state index >= 15 is 0 Å². The maximum atomic E-state index is 13.1. The Kier molecular flexibility index (Phi) is 2.38. The Bertz CT molecular complexity index is 382. The van der Waals surface area contributed by atoms with Gasteiger partial charge in [0.15, 0.2) is 0 Å². The number of hydrogen-bond donors (Lipinski definition) is 1. The molecule has 0 heterocycles. The second-order valence-electron chi connectivity index (χ2n) is 3.68. The van der Waals surface area contributed by atoms with Gasteiger partial charge in [-0.1, -0.05) is 12.1 Å². The van der Waals surface area contributed by atoms with E-state index in [0.717, 1.165) is 12.0 Å². The van der Waals surface area contributed by atoms with Gasteiger partial charge < -0.3 is 5.32 Å². The first-order valence-corrected chi connectivity index (χ1v) is 4.88. The molecular weight excluding hydrogens is 177 g/mol. The summed E-state index contributed by atoms with van der Waals surface area (Å²) in [6, 6.07) is 5.32. The van der Waals surface area contributed by atoms with Crippen molar-refractivity contribution >= 4 is 5.57 Å². The van der Waals surface area contributed by atoms with E-state index in [-0.39, 0.29) is 11.9 Å². The van der Waals surface area contributed by atoms with Gasteiger partial charge in [0.25, 0.3) is 0 Å². The zero-order valence-corrected chi connectivity index (χ0v) is 8.47. The molecule has 2 rings (SSSR count). The van der Waals surface area contributed by atoms with Crippen LogP contribution in [0.25, 0.3) is 5.57 Å². The molecule has 0 aliphatic heterocycles. The van der Waals surface area contributed by atoms with Crippen LogP contribution in [-0.4, -0.2) is 13.1 Å². The smallest absolute Gasteiger partial charge is 0.123 e. The number of halogens is 1. The van der Waals surface area contributed by atoms with Crippen molar-refractivity contribution in [2.45, 2.75) is 19.4 Å². The summed E-state index contributed by atoms with van der Waals surface area (Å²) in [4.78, 5) is 0. The van der Waals surface area contributed by atoms with Crippen LogP contribution in [0.2, 0.25) is 0 Å². The predicted molar refractivity (Wildman–Crippen MR) is 56.6 cm³/mol. The zero-order chi connectivity index (χ0) is 10.1. The molecule has 1 aromatic rings. The summed E-state index contributed by atoms with van der Waals surface area (Å²) in [6.45, 7) is 2.09. The molecule has 1 aromatic carbocycles. The van der Waals surface area contributed by atoms with Crippen LogP contribution < -0.4 is 5.32 Å². The fourth-order valence-electron chi connectivity index (χ4n) is 1.89. The summed E-state index contributed by atoms with van der Waals surface area (Å²) in [5.41, 5.74) is 3.50. The average Bonchev–Trinajstić information content (AvgIpc) is 2.59. The molecule has 0 fully saturated rings. The highest BCUT2D eigenvalue weighted by atomic mass is 19.1. The van der Waals surface area contributed by atoms with Crippen molar-refractivity contribution in [2.24, 2.45) is 0 Å². The third kappa shape index (κ3) is 1.46. The van der Waals surface area contributed by atoms with Gasteiger partial charge in [-0.3, -0.25) is 0 Å². The van der Waals surface area contributed by atoms with E-state index in [1.807, 2.05) is 13.1 Å². The number of nitrogens with one attached hydrogen (secondary N) is 1. The van der Waals surface area contributed by atoms with Crippen molar-refractivity contribution < 1.29 is 4.39 Å². The van der Waals surface area contributed by atoms with Crippen molar-refractivity contribution in [3.05, 3.63) is 41.2 Å². The van der Waals surface area contributed by atoms with E-state index in [1.54, 1.807) is 6.07 Å². The van der Waals surface area contributed by atoms with Crippen molar-refractivity contribution in [3.8, 4) is 0 Å². The Balaban J connectivity index is 2.40. The molecule has 1 N–H and O–H groups in total. The molecule has 1 atom stereocenters. The van der Waals surface area contributed by atoms with Gasteiger partial charge in [0.2, 0.25) is 0 Å². The molecule has 0 saturated carbocycles. The first-order valence-electron chi connectivity index (χ1n) is 4.88. The van der Waals surface area contributed by atoms with Crippen LogP contribution in [0.3, 0.4) is 0 Å². The Morgan fingerprint density at radius 1 is 1.43 bits per heavy atom. The van der Waals surface area contributed by atoms with Crippen LogP contribution in [-0.2, 0) is 6.42 Å². The first kappa shape index (κ1) is 9.41. The predicted octanol–water partition coefficient (Wildman–Crippen LogP) is 2.37. The van der Waals surface area contributed by atoms with Crippen LogP contribution in [0.5, 0.6) is 0 Å². The molecule has 1 nitrogen and oxygen atoms in total. The summed E-state index contributed by atoms with van der Waals surface area (Å²) < 4.78 is 13.1. The Morgan fingerprint density at radius 3 is 2.93 bits per heavy atom. The maximum absolute atomic E-state index is 13.1. The first-order chi connectivity index (χ1) is 6.72. The molecule has 1 aliphatic rings.